The largest absolute Gasteiger partial charge is 0.490 e. The molecule has 0 spiro atoms. The van der Waals surface area contributed by atoms with Gasteiger partial charge in [-0.1, -0.05) is 20.8 Å². The number of rotatable bonds is 6. The van der Waals surface area contributed by atoms with Crippen LogP contribution in [0, 0.1) is 5.41 Å². The predicted molar refractivity (Wildman–Crippen MR) is 136 cm³/mol. The maximum absolute atomic E-state index is 13.5. The number of fused-ring (bicyclic) bond motifs is 2. The third-order valence-corrected chi connectivity index (χ3v) is 6.14. The third-order valence-electron chi connectivity index (χ3n) is 6.14. The molecule has 10 heteroatoms. The predicted octanol–water partition coefficient (Wildman–Crippen LogP) is 3.35. The number of hydrogen-bond acceptors (Lipinski definition) is 7. The van der Waals surface area contributed by atoms with Gasteiger partial charge in [-0.15, -0.1) is 0 Å². The van der Waals surface area contributed by atoms with E-state index in [-0.39, 0.29) is 29.1 Å². The second-order valence-corrected chi connectivity index (χ2v) is 9.77. The van der Waals surface area contributed by atoms with Crippen molar-refractivity contribution in [2.24, 2.45) is 0 Å². The van der Waals surface area contributed by atoms with E-state index >= 15 is 0 Å². The Labute approximate surface area is 209 Å². The summed E-state index contributed by atoms with van der Waals surface area (Å²) in [5, 5.41) is 11.0. The lowest BCUT2D eigenvalue weighted by Crippen LogP contribution is -2.31. The van der Waals surface area contributed by atoms with Gasteiger partial charge in [0.15, 0.2) is 17.3 Å². The summed E-state index contributed by atoms with van der Waals surface area (Å²) in [6, 6.07) is 5.46. The van der Waals surface area contributed by atoms with Crippen LogP contribution in [0.25, 0.3) is 5.52 Å². The highest BCUT2D eigenvalue weighted by Gasteiger charge is 2.28. The van der Waals surface area contributed by atoms with Crippen LogP contribution in [0.5, 0.6) is 17.2 Å². The summed E-state index contributed by atoms with van der Waals surface area (Å²) < 4.78 is 20.0. The summed E-state index contributed by atoms with van der Waals surface area (Å²) in [5.74, 6) is 1.25. The maximum atomic E-state index is 13.5. The first-order valence-corrected chi connectivity index (χ1v) is 11.9. The molecule has 0 atom stereocenters. The number of Topliss-reactive ketones (excluding diaryl/α,β-unsaturated/α-hetero) is 1. The van der Waals surface area contributed by atoms with Gasteiger partial charge in [-0.05, 0) is 24.5 Å². The van der Waals surface area contributed by atoms with Crippen molar-refractivity contribution in [1.82, 2.24) is 14.3 Å². The van der Waals surface area contributed by atoms with Crippen LogP contribution in [0.15, 0.2) is 30.6 Å². The highest BCUT2D eigenvalue weighted by molar-refractivity contribution is 5.98. The summed E-state index contributed by atoms with van der Waals surface area (Å²) in [6.07, 6.45) is 2.58. The lowest BCUT2D eigenvalue weighted by atomic mass is 9.84. The minimum absolute atomic E-state index is 0.0247. The van der Waals surface area contributed by atoms with Crippen molar-refractivity contribution in [2.45, 2.75) is 39.7 Å². The fourth-order valence-electron chi connectivity index (χ4n) is 4.21. The number of ketones is 1. The van der Waals surface area contributed by atoms with Crippen molar-refractivity contribution < 1.29 is 23.8 Å². The molecular weight excluding hydrogens is 462 g/mol. The van der Waals surface area contributed by atoms with Gasteiger partial charge < -0.3 is 29.0 Å². The van der Waals surface area contributed by atoms with Crippen LogP contribution in [0.1, 0.15) is 43.6 Å². The monoisotopic (exact) mass is 495 g/mol. The standard InChI is InChI=1S/C26H33N5O5/c1-7-34-21-12-17-13-30(24(27)31(17)15-22(21)36-25(33)28-5)14-20(32)16-10-18(26(2,3)4)23-19(11-16)29(6)8-9-35-23/h10-13,15,27H,7-9,14H2,1-6H3,(H,28,33). The van der Waals surface area contributed by atoms with Gasteiger partial charge in [-0.25, -0.2) is 4.79 Å². The summed E-state index contributed by atoms with van der Waals surface area (Å²) in [6.45, 7) is 9.82. The topological polar surface area (TPSA) is 110 Å². The summed E-state index contributed by atoms with van der Waals surface area (Å²) >= 11 is 0. The molecule has 0 radical (unpaired) electrons. The van der Waals surface area contributed by atoms with Crippen LogP contribution >= 0.6 is 0 Å². The van der Waals surface area contributed by atoms with E-state index in [1.807, 2.05) is 26.1 Å². The molecule has 1 aromatic carbocycles. The molecule has 0 saturated heterocycles. The Morgan fingerprint density at radius 1 is 1.17 bits per heavy atom. The summed E-state index contributed by atoms with van der Waals surface area (Å²) in [7, 11) is 3.45. The van der Waals surface area contributed by atoms with Crippen LogP contribution in [0.2, 0.25) is 0 Å². The SMILES string of the molecule is CCOc1cc2cn(CC(=O)c3cc4c(c(C(C)(C)C)c3)OCCN4C)c(=N)n2cc1OC(=O)NC. The zero-order chi connectivity index (χ0) is 26.2. The molecule has 2 aromatic heterocycles. The van der Waals surface area contributed by atoms with Gasteiger partial charge in [0.25, 0.3) is 0 Å². The van der Waals surface area contributed by atoms with Crippen molar-refractivity contribution >= 4 is 23.1 Å². The number of hydrogen-bond donors (Lipinski definition) is 2. The Kier molecular flexibility index (Phi) is 6.71. The minimum atomic E-state index is -0.645. The number of carbonyl (C=O) groups is 2. The molecule has 4 rings (SSSR count). The first kappa shape index (κ1) is 25.2. The van der Waals surface area contributed by atoms with Crippen molar-refractivity contribution in [3.05, 3.63) is 47.3 Å². The van der Waals surface area contributed by atoms with Crippen LogP contribution in [0.3, 0.4) is 0 Å². The van der Waals surface area contributed by atoms with E-state index in [2.05, 4.69) is 31.0 Å². The molecule has 1 aliphatic rings. The Hall–Kier alpha value is -3.95. The molecule has 1 amide bonds. The summed E-state index contributed by atoms with van der Waals surface area (Å²) in [4.78, 5) is 27.3. The van der Waals surface area contributed by atoms with Gasteiger partial charge >= 0.3 is 6.09 Å². The molecule has 0 saturated carbocycles. The first-order chi connectivity index (χ1) is 17.0. The highest BCUT2D eigenvalue weighted by Crippen LogP contribution is 2.41. The maximum Gasteiger partial charge on any atom is 0.412 e. The third kappa shape index (κ3) is 4.75. The molecule has 0 bridgehead atoms. The molecule has 192 valence electrons. The number of ether oxygens (including phenoxy) is 3. The first-order valence-electron chi connectivity index (χ1n) is 11.9. The second-order valence-electron chi connectivity index (χ2n) is 9.77. The number of pyridine rings is 1. The van der Waals surface area contributed by atoms with Gasteiger partial charge in [0.05, 0.1) is 37.1 Å². The van der Waals surface area contributed by atoms with Crippen LogP contribution in [-0.4, -0.2) is 54.7 Å². The average Bonchev–Trinajstić information content (AvgIpc) is 3.12. The minimum Gasteiger partial charge on any atom is -0.490 e. The Balaban J connectivity index is 1.72. The van der Waals surface area contributed by atoms with Crippen molar-refractivity contribution in [3.8, 4) is 17.2 Å². The Bertz CT molecular complexity index is 1380. The quantitative estimate of drug-likeness (QED) is 0.508. The van der Waals surface area contributed by atoms with Gasteiger partial charge in [0.2, 0.25) is 5.62 Å². The number of nitrogens with one attached hydrogen (secondary N) is 2. The number of likely N-dealkylation sites (N-methyl/N-ethyl adjacent to an activating group) is 1. The number of aromatic nitrogens is 2. The number of nitrogens with zero attached hydrogens (tertiary/aromatic N) is 3. The van der Waals surface area contributed by atoms with E-state index in [4.69, 9.17) is 19.6 Å². The Morgan fingerprint density at radius 3 is 2.58 bits per heavy atom. The molecule has 3 heterocycles. The molecule has 3 aromatic rings. The van der Waals surface area contributed by atoms with Crippen LogP contribution < -0.4 is 30.0 Å². The normalized spacial score (nSPS) is 13.2. The van der Waals surface area contributed by atoms with Crippen molar-refractivity contribution in [3.63, 3.8) is 0 Å². The second kappa shape index (κ2) is 9.60. The van der Waals surface area contributed by atoms with E-state index in [0.717, 1.165) is 23.5 Å². The smallest absolute Gasteiger partial charge is 0.412 e. The van der Waals surface area contributed by atoms with Crippen molar-refractivity contribution in [1.29, 1.82) is 5.41 Å². The van der Waals surface area contributed by atoms with Crippen LogP contribution in [-0.2, 0) is 12.0 Å². The molecular formula is C26H33N5O5. The number of imidazole rings is 1. The molecule has 0 aliphatic carbocycles. The summed E-state index contributed by atoms with van der Waals surface area (Å²) in [5.41, 5.74) is 2.93. The highest BCUT2D eigenvalue weighted by atomic mass is 16.6. The fourth-order valence-corrected chi connectivity index (χ4v) is 4.21. The average molecular weight is 496 g/mol. The van der Waals surface area contributed by atoms with E-state index in [9.17, 15) is 9.59 Å². The van der Waals surface area contributed by atoms with Gasteiger partial charge in [-0.2, -0.15) is 0 Å². The van der Waals surface area contributed by atoms with E-state index < -0.39 is 6.09 Å². The van der Waals surface area contributed by atoms with Crippen molar-refractivity contribution in [2.75, 3.05) is 38.8 Å². The van der Waals surface area contributed by atoms with E-state index in [1.54, 1.807) is 21.2 Å². The van der Waals surface area contributed by atoms with Gasteiger partial charge in [-0.3, -0.25) is 14.6 Å². The number of anilines is 1. The number of benzene rings is 1. The Morgan fingerprint density at radius 2 is 1.92 bits per heavy atom. The number of amides is 1. The molecule has 0 unspecified atom stereocenters. The molecule has 0 fully saturated rings. The van der Waals surface area contributed by atoms with Crippen LogP contribution in [0.4, 0.5) is 10.5 Å². The van der Waals surface area contributed by atoms with Gasteiger partial charge in [0, 0.05) is 37.5 Å². The zero-order valence-electron chi connectivity index (χ0n) is 21.6. The molecule has 2 N–H and O–H groups in total. The fraction of sp³-hybridized carbons (Fsp3) is 0.423. The van der Waals surface area contributed by atoms with E-state index in [1.165, 1.54) is 13.2 Å². The molecule has 10 nitrogen and oxygen atoms in total. The lowest BCUT2D eigenvalue weighted by molar-refractivity contribution is 0.0970. The molecule has 36 heavy (non-hydrogen) atoms. The lowest BCUT2D eigenvalue weighted by Gasteiger charge is -2.33. The molecule has 1 aliphatic heterocycles. The van der Waals surface area contributed by atoms with Gasteiger partial charge in [0.1, 0.15) is 12.4 Å². The number of carbonyl (C=O) groups excluding carboxylic acids is 2. The zero-order valence-corrected chi connectivity index (χ0v) is 21.6. The van der Waals surface area contributed by atoms with E-state index in [0.29, 0.717) is 30.0 Å².